The third kappa shape index (κ3) is 4.94. The molecule has 128 valence electrons. The predicted octanol–water partition coefficient (Wildman–Crippen LogP) is 2.90. The number of para-hydroxylation sites is 1. The Morgan fingerprint density at radius 2 is 2.21 bits per heavy atom. The van der Waals surface area contributed by atoms with Crippen molar-refractivity contribution < 1.29 is 14.4 Å². The van der Waals surface area contributed by atoms with Crippen molar-refractivity contribution >= 4 is 12.2 Å². The van der Waals surface area contributed by atoms with E-state index in [0.717, 1.165) is 29.2 Å². The Balaban J connectivity index is 1.57. The molecule has 0 spiro atoms. The topological polar surface area (TPSA) is 67.5 Å². The average molecular weight is 328 g/mol. The lowest BCUT2D eigenvalue weighted by molar-refractivity contribution is 0.106. The second-order valence-electron chi connectivity index (χ2n) is 6.09. The fraction of sp³-hybridized carbons (Fsp3) is 0.421. The molecule has 1 atom stereocenters. The van der Waals surface area contributed by atoms with Crippen LogP contribution in [-0.2, 0) is 6.42 Å². The molecule has 2 aromatic rings. The SMILES string of the molecule is CCc1cc(C=Cc2ccccc2OCC(O)CNC2CC2)on1. The van der Waals surface area contributed by atoms with Crippen LogP contribution < -0.4 is 10.1 Å². The molecule has 1 unspecified atom stereocenters. The number of aliphatic hydroxyl groups excluding tert-OH is 1. The van der Waals surface area contributed by atoms with Gasteiger partial charge >= 0.3 is 0 Å². The first-order valence-corrected chi connectivity index (χ1v) is 8.51. The Hall–Kier alpha value is -2.11. The summed E-state index contributed by atoms with van der Waals surface area (Å²) >= 11 is 0. The van der Waals surface area contributed by atoms with Gasteiger partial charge in [0.15, 0.2) is 5.76 Å². The third-order valence-electron chi connectivity index (χ3n) is 3.94. The van der Waals surface area contributed by atoms with Crippen LogP contribution in [0.1, 0.15) is 36.8 Å². The minimum Gasteiger partial charge on any atom is -0.490 e. The van der Waals surface area contributed by atoms with Crippen LogP contribution in [0, 0.1) is 0 Å². The Morgan fingerprint density at radius 3 is 2.96 bits per heavy atom. The maximum Gasteiger partial charge on any atom is 0.159 e. The Kier molecular flexibility index (Phi) is 5.67. The zero-order valence-corrected chi connectivity index (χ0v) is 13.9. The summed E-state index contributed by atoms with van der Waals surface area (Å²) in [6.45, 7) is 2.88. The molecule has 5 nitrogen and oxygen atoms in total. The second kappa shape index (κ2) is 8.13. The number of hydrogen-bond donors (Lipinski definition) is 2. The summed E-state index contributed by atoms with van der Waals surface area (Å²) in [7, 11) is 0. The van der Waals surface area contributed by atoms with Crippen molar-refractivity contribution in [3.8, 4) is 5.75 Å². The molecule has 1 saturated carbocycles. The highest BCUT2D eigenvalue weighted by Crippen LogP contribution is 2.21. The van der Waals surface area contributed by atoms with Gasteiger partial charge in [-0.15, -0.1) is 0 Å². The van der Waals surface area contributed by atoms with E-state index in [2.05, 4.69) is 10.5 Å². The van der Waals surface area contributed by atoms with Gasteiger partial charge in [-0.2, -0.15) is 0 Å². The van der Waals surface area contributed by atoms with E-state index < -0.39 is 6.10 Å². The van der Waals surface area contributed by atoms with Crippen LogP contribution >= 0.6 is 0 Å². The molecule has 1 aromatic heterocycles. The molecule has 3 rings (SSSR count). The average Bonchev–Trinajstić information content (AvgIpc) is 3.33. The number of benzene rings is 1. The lowest BCUT2D eigenvalue weighted by atomic mass is 10.1. The molecule has 1 aliphatic carbocycles. The quantitative estimate of drug-likeness (QED) is 0.741. The predicted molar refractivity (Wildman–Crippen MR) is 93.8 cm³/mol. The smallest absolute Gasteiger partial charge is 0.159 e. The van der Waals surface area contributed by atoms with Crippen molar-refractivity contribution in [1.29, 1.82) is 0 Å². The Morgan fingerprint density at radius 1 is 1.38 bits per heavy atom. The summed E-state index contributed by atoms with van der Waals surface area (Å²) in [5.74, 6) is 1.46. The van der Waals surface area contributed by atoms with Gasteiger partial charge in [0.1, 0.15) is 18.5 Å². The normalized spacial score (nSPS) is 15.8. The van der Waals surface area contributed by atoms with Crippen molar-refractivity contribution in [3.05, 3.63) is 47.3 Å². The molecule has 0 aliphatic heterocycles. The summed E-state index contributed by atoms with van der Waals surface area (Å²) < 4.78 is 11.0. The van der Waals surface area contributed by atoms with Crippen LogP contribution in [0.25, 0.3) is 12.2 Å². The summed E-state index contributed by atoms with van der Waals surface area (Å²) in [4.78, 5) is 0. The van der Waals surface area contributed by atoms with Crippen molar-refractivity contribution in [2.45, 2.75) is 38.3 Å². The molecule has 1 aromatic carbocycles. The summed E-state index contributed by atoms with van der Waals surface area (Å²) in [5, 5.41) is 17.3. The number of nitrogens with one attached hydrogen (secondary N) is 1. The van der Waals surface area contributed by atoms with Gasteiger partial charge in [0, 0.05) is 24.2 Å². The molecule has 0 saturated heterocycles. The van der Waals surface area contributed by atoms with E-state index in [-0.39, 0.29) is 6.61 Å². The van der Waals surface area contributed by atoms with Crippen molar-refractivity contribution in [2.75, 3.05) is 13.2 Å². The van der Waals surface area contributed by atoms with Gasteiger partial charge in [-0.05, 0) is 37.5 Å². The molecule has 0 amide bonds. The van der Waals surface area contributed by atoms with Gasteiger partial charge < -0.3 is 19.7 Å². The van der Waals surface area contributed by atoms with Crippen molar-refractivity contribution in [1.82, 2.24) is 10.5 Å². The van der Waals surface area contributed by atoms with E-state index in [1.165, 1.54) is 12.8 Å². The molecule has 0 bridgehead atoms. The highest BCUT2D eigenvalue weighted by Gasteiger charge is 2.21. The zero-order chi connectivity index (χ0) is 16.8. The Bertz CT molecular complexity index is 677. The van der Waals surface area contributed by atoms with Crippen LogP contribution in [0.3, 0.4) is 0 Å². The number of nitrogens with zero attached hydrogens (tertiary/aromatic N) is 1. The van der Waals surface area contributed by atoms with E-state index in [9.17, 15) is 5.11 Å². The lowest BCUT2D eigenvalue weighted by Crippen LogP contribution is -2.32. The second-order valence-corrected chi connectivity index (χ2v) is 6.09. The number of aliphatic hydroxyl groups is 1. The molecule has 2 N–H and O–H groups in total. The van der Waals surface area contributed by atoms with Crippen molar-refractivity contribution in [2.24, 2.45) is 0 Å². The molecule has 5 heteroatoms. The summed E-state index contributed by atoms with van der Waals surface area (Å²) in [5.41, 5.74) is 1.87. The molecular formula is C19H24N2O3. The molecule has 0 radical (unpaired) electrons. The molecule has 1 heterocycles. The zero-order valence-electron chi connectivity index (χ0n) is 13.9. The summed E-state index contributed by atoms with van der Waals surface area (Å²) in [6, 6.07) is 10.3. The van der Waals surface area contributed by atoms with E-state index in [0.29, 0.717) is 12.6 Å². The lowest BCUT2D eigenvalue weighted by Gasteiger charge is -2.14. The third-order valence-corrected chi connectivity index (χ3v) is 3.94. The van der Waals surface area contributed by atoms with Crippen LogP contribution in [0.2, 0.25) is 0 Å². The van der Waals surface area contributed by atoms with E-state index in [1.54, 1.807) is 0 Å². The Labute approximate surface area is 142 Å². The minimum absolute atomic E-state index is 0.271. The first-order chi connectivity index (χ1) is 11.7. The summed E-state index contributed by atoms with van der Waals surface area (Å²) in [6.07, 6.45) is 6.57. The minimum atomic E-state index is -0.510. The maximum atomic E-state index is 9.99. The van der Waals surface area contributed by atoms with E-state index in [1.807, 2.05) is 49.4 Å². The van der Waals surface area contributed by atoms with Crippen LogP contribution in [0.15, 0.2) is 34.9 Å². The van der Waals surface area contributed by atoms with Crippen LogP contribution in [-0.4, -0.2) is 35.6 Å². The van der Waals surface area contributed by atoms with Crippen LogP contribution in [0.5, 0.6) is 5.75 Å². The van der Waals surface area contributed by atoms with E-state index >= 15 is 0 Å². The fourth-order valence-corrected chi connectivity index (χ4v) is 2.33. The monoisotopic (exact) mass is 328 g/mol. The molecule has 1 fully saturated rings. The first-order valence-electron chi connectivity index (χ1n) is 8.51. The highest BCUT2D eigenvalue weighted by molar-refractivity contribution is 5.70. The largest absolute Gasteiger partial charge is 0.490 e. The molecule has 24 heavy (non-hydrogen) atoms. The van der Waals surface area contributed by atoms with Gasteiger partial charge in [0.2, 0.25) is 0 Å². The number of rotatable bonds is 9. The van der Waals surface area contributed by atoms with Gasteiger partial charge in [-0.25, -0.2) is 0 Å². The van der Waals surface area contributed by atoms with E-state index in [4.69, 9.17) is 9.26 Å². The number of aromatic nitrogens is 1. The highest BCUT2D eigenvalue weighted by atomic mass is 16.5. The molecular weight excluding hydrogens is 304 g/mol. The van der Waals surface area contributed by atoms with Gasteiger partial charge in [-0.1, -0.05) is 30.3 Å². The van der Waals surface area contributed by atoms with Crippen molar-refractivity contribution in [3.63, 3.8) is 0 Å². The van der Waals surface area contributed by atoms with Crippen LogP contribution in [0.4, 0.5) is 0 Å². The molecule has 1 aliphatic rings. The van der Waals surface area contributed by atoms with Gasteiger partial charge in [0.25, 0.3) is 0 Å². The number of ether oxygens (including phenoxy) is 1. The number of hydrogen-bond acceptors (Lipinski definition) is 5. The first kappa shape index (κ1) is 16.7. The fourth-order valence-electron chi connectivity index (χ4n) is 2.33. The maximum absolute atomic E-state index is 9.99. The standard InChI is InChI=1S/C19H24N2O3/c1-2-15-11-18(24-21-15)10-7-14-5-3-4-6-19(14)23-13-17(22)12-20-16-8-9-16/h3-7,10-11,16-17,20,22H,2,8-9,12-13H2,1H3. The number of aryl methyl sites for hydroxylation is 1. The van der Waals surface area contributed by atoms with Gasteiger partial charge in [-0.3, -0.25) is 0 Å². The van der Waals surface area contributed by atoms with Gasteiger partial charge in [0.05, 0.1) is 5.69 Å².